The van der Waals surface area contributed by atoms with E-state index in [1.54, 1.807) is 0 Å². The molecule has 2 aliphatic rings. The van der Waals surface area contributed by atoms with Gasteiger partial charge in [0.05, 0.1) is 6.73 Å². The van der Waals surface area contributed by atoms with Crippen LogP contribution in [0.25, 0.3) is 0 Å². The van der Waals surface area contributed by atoms with Gasteiger partial charge in [0, 0.05) is 18.5 Å². The second-order valence-electron chi connectivity index (χ2n) is 4.58. The molecule has 0 aromatic heterocycles. The lowest BCUT2D eigenvalue weighted by Crippen LogP contribution is -2.27. The molecular weight excluding hydrogens is 198 g/mol. The Hall–Kier alpha value is -0.860. The molecule has 2 nitrogen and oxygen atoms in total. The minimum Gasteiger partial charge on any atom is -0.381 e. The highest BCUT2D eigenvalue weighted by molar-refractivity contribution is 5.36. The average molecular weight is 219 g/mol. The minimum atomic E-state index is 0.213. The lowest BCUT2D eigenvalue weighted by molar-refractivity contribution is 0.118. The van der Waals surface area contributed by atoms with Crippen LogP contribution >= 0.6 is 0 Å². The van der Waals surface area contributed by atoms with Crippen LogP contribution in [0.3, 0.4) is 0 Å². The van der Waals surface area contributed by atoms with Crippen molar-refractivity contribution in [3.63, 3.8) is 0 Å². The second kappa shape index (κ2) is 4.56. The summed E-state index contributed by atoms with van der Waals surface area (Å²) in [5.41, 5.74) is 1.85. The van der Waals surface area contributed by atoms with E-state index in [0.717, 1.165) is 19.0 Å². The molecule has 1 aromatic carbocycles. The predicted molar refractivity (Wildman–Crippen MR) is 66.2 cm³/mol. The van der Waals surface area contributed by atoms with Gasteiger partial charge in [-0.3, -0.25) is 4.90 Å². The molecule has 2 fully saturated rings. The first-order chi connectivity index (χ1) is 7.85. The third kappa shape index (κ3) is 1.76. The number of nitrogens with zero attached hydrogens (tertiary/aromatic N) is 1. The van der Waals surface area contributed by atoms with E-state index in [4.69, 9.17) is 5.11 Å². The number of rotatable bonds is 2. The monoisotopic (exact) mass is 219 g/mol. The van der Waals surface area contributed by atoms with E-state index < -0.39 is 0 Å². The number of fused-ring (bicyclic) bond motifs is 1. The van der Waals surface area contributed by atoms with Crippen LogP contribution in [0.1, 0.15) is 25.8 Å². The van der Waals surface area contributed by atoms with Crippen LogP contribution in [0.4, 0.5) is 0 Å². The maximum Gasteiger partial charge on any atom is 0.0956 e. The molecule has 1 aliphatic heterocycles. The van der Waals surface area contributed by atoms with E-state index in [1.165, 1.54) is 12.0 Å². The summed E-state index contributed by atoms with van der Waals surface area (Å²) in [6.07, 6.45) is 1.31. The Morgan fingerprint density at radius 3 is 2.56 bits per heavy atom. The molecule has 1 aliphatic carbocycles. The molecule has 0 radical (unpaired) electrons. The second-order valence-corrected chi connectivity index (χ2v) is 4.58. The van der Waals surface area contributed by atoms with Crippen LogP contribution in [0.2, 0.25) is 0 Å². The third-order valence-electron chi connectivity index (χ3n) is 3.77. The number of likely N-dealkylation sites (tertiary alicyclic amines) is 1. The lowest BCUT2D eigenvalue weighted by atomic mass is 9.95. The van der Waals surface area contributed by atoms with Gasteiger partial charge in [-0.05, 0) is 17.9 Å². The Kier molecular flexibility index (Phi) is 3.31. The smallest absolute Gasteiger partial charge is 0.0956 e. The molecule has 2 unspecified atom stereocenters. The molecule has 0 amide bonds. The fourth-order valence-corrected chi connectivity index (χ4v) is 2.91. The molecule has 0 bridgehead atoms. The van der Waals surface area contributed by atoms with Crippen LogP contribution in [-0.2, 0) is 5.41 Å². The average Bonchev–Trinajstić information content (AvgIpc) is 2.96. The maximum absolute atomic E-state index is 9.09. The summed E-state index contributed by atoms with van der Waals surface area (Å²) in [5, 5.41) is 9.09. The Morgan fingerprint density at radius 2 is 2.00 bits per heavy atom. The van der Waals surface area contributed by atoms with Crippen molar-refractivity contribution in [3.05, 3.63) is 35.9 Å². The molecular formula is C14H21NO. The summed E-state index contributed by atoms with van der Waals surface area (Å²) in [6, 6.07) is 10.7. The van der Waals surface area contributed by atoms with Crippen molar-refractivity contribution < 1.29 is 5.11 Å². The normalized spacial score (nSPS) is 31.6. The highest BCUT2D eigenvalue weighted by Crippen LogP contribution is 2.58. The molecule has 1 heterocycles. The minimum absolute atomic E-state index is 0.213. The largest absolute Gasteiger partial charge is 0.381 e. The molecule has 1 aromatic rings. The van der Waals surface area contributed by atoms with E-state index in [-0.39, 0.29) is 6.73 Å². The lowest BCUT2D eigenvalue weighted by Gasteiger charge is -2.18. The summed E-state index contributed by atoms with van der Waals surface area (Å²) in [6.45, 7) is 6.33. The van der Waals surface area contributed by atoms with Crippen LogP contribution in [0.15, 0.2) is 30.3 Å². The number of hydrogen-bond donors (Lipinski definition) is 1. The van der Waals surface area contributed by atoms with Gasteiger partial charge in [-0.1, -0.05) is 44.2 Å². The molecule has 1 saturated heterocycles. The number of aliphatic hydroxyl groups excluding tert-OH is 1. The zero-order valence-corrected chi connectivity index (χ0v) is 10.2. The highest BCUT2D eigenvalue weighted by atomic mass is 16.3. The van der Waals surface area contributed by atoms with Gasteiger partial charge in [0.15, 0.2) is 0 Å². The molecule has 3 rings (SSSR count). The number of benzene rings is 1. The number of aliphatic hydroxyl groups is 1. The number of hydrogen-bond acceptors (Lipinski definition) is 2. The molecule has 88 valence electrons. The van der Waals surface area contributed by atoms with Crippen molar-refractivity contribution in [2.24, 2.45) is 5.92 Å². The van der Waals surface area contributed by atoms with Gasteiger partial charge < -0.3 is 5.11 Å². The Morgan fingerprint density at radius 1 is 1.31 bits per heavy atom. The van der Waals surface area contributed by atoms with Crippen LogP contribution in [-0.4, -0.2) is 29.8 Å². The molecule has 2 atom stereocenters. The van der Waals surface area contributed by atoms with Gasteiger partial charge in [0.1, 0.15) is 0 Å². The van der Waals surface area contributed by atoms with Gasteiger partial charge in [0.25, 0.3) is 0 Å². The molecule has 1 N–H and O–H groups in total. The summed E-state index contributed by atoms with van der Waals surface area (Å²) in [5.74, 6) is 0.789. The first-order valence-corrected chi connectivity index (χ1v) is 6.24. The van der Waals surface area contributed by atoms with Crippen LogP contribution < -0.4 is 0 Å². The fourth-order valence-electron chi connectivity index (χ4n) is 2.91. The van der Waals surface area contributed by atoms with E-state index in [1.807, 2.05) is 13.8 Å². The Labute approximate surface area is 97.9 Å². The van der Waals surface area contributed by atoms with Crippen molar-refractivity contribution in [1.29, 1.82) is 0 Å². The van der Waals surface area contributed by atoms with E-state index in [2.05, 4.69) is 35.2 Å². The van der Waals surface area contributed by atoms with Crippen molar-refractivity contribution in [1.82, 2.24) is 4.90 Å². The van der Waals surface area contributed by atoms with Crippen molar-refractivity contribution >= 4 is 0 Å². The van der Waals surface area contributed by atoms with Crippen LogP contribution in [0.5, 0.6) is 0 Å². The molecule has 2 heteroatoms. The van der Waals surface area contributed by atoms with Crippen molar-refractivity contribution in [2.75, 3.05) is 19.8 Å². The molecule has 1 saturated carbocycles. The SMILES string of the molecule is CC.OCN1CC2CC2(c2ccccc2)C1. The topological polar surface area (TPSA) is 23.5 Å². The van der Waals surface area contributed by atoms with Gasteiger partial charge in [-0.2, -0.15) is 0 Å². The maximum atomic E-state index is 9.09. The summed E-state index contributed by atoms with van der Waals surface area (Å²) >= 11 is 0. The predicted octanol–water partition coefficient (Wildman–Crippen LogP) is 2.24. The first-order valence-electron chi connectivity index (χ1n) is 6.24. The zero-order chi connectivity index (χ0) is 11.6. The van der Waals surface area contributed by atoms with Gasteiger partial charge in [-0.25, -0.2) is 0 Å². The van der Waals surface area contributed by atoms with E-state index in [0.29, 0.717) is 5.41 Å². The quantitative estimate of drug-likeness (QED) is 0.824. The zero-order valence-electron chi connectivity index (χ0n) is 10.2. The summed E-state index contributed by atoms with van der Waals surface area (Å²) in [4.78, 5) is 2.14. The fraction of sp³-hybridized carbons (Fsp3) is 0.571. The third-order valence-corrected chi connectivity index (χ3v) is 3.77. The van der Waals surface area contributed by atoms with Gasteiger partial charge in [0.2, 0.25) is 0 Å². The molecule has 0 spiro atoms. The van der Waals surface area contributed by atoms with Crippen molar-refractivity contribution in [2.45, 2.75) is 25.7 Å². The van der Waals surface area contributed by atoms with Gasteiger partial charge in [-0.15, -0.1) is 0 Å². The highest BCUT2D eigenvalue weighted by Gasteiger charge is 2.60. The van der Waals surface area contributed by atoms with E-state index >= 15 is 0 Å². The van der Waals surface area contributed by atoms with Gasteiger partial charge >= 0.3 is 0 Å². The van der Waals surface area contributed by atoms with Crippen LogP contribution in [0, 0.1) is 5.92 Å². The first kappa shape index (κ1) is 11.6. The Balaban J connectivity index is 0.000000457. The van der Waals surface area contributed by atoms with Crippen molar-refractivity contribution in [3.8, 4) is 0 Å². The standard InChI is InChI=1S/C12H15NO.C2H6/c14-9-13-7-11-6-12(11,8-13)10-4-2-1-3-5-10;1-2/h1-5,11,14H,6-9H2;1-2H3. The summed E-state index contributed by atoms with van der Waals surface area (Å²) < 4.78 is 0. The van der Waals surface area contributed by atoms with E-state index in [9.17, 15) is 0 Å². The number of piperidine rings is 1. The summed E-state index contributed by atoms with van der Waals surface area (Å²) in [7, 11) is 0. The Bertz CT molecular complexity index is 338. The molecule has 16 heavy (non-hydrogen) atoms.